The summed E-state index contributed by atoms with van der Waals surface area (Å²) >= 11 is 0. The summed E-state index contributed by atoms with van der Waals surface area (Å²) in [4.78, 5) is 12.0. The molecule has 0 spiro atoms. The van der Waals surface area contributed by atoms with Crippen LogP contribution in [-0.4, -0.2) is 20.9 Å². The first-order valence-electron chi connectivity index (χ1n) is 5.53. The van der Waals surface area contributed by atoms with Gasteiger partial charge in [-0.25, -0.2) is 8.42 Å². The lowest BCUT2D eigenvalue weighted by molar-refractivity contribution is 0.0954. The summed E-state index contributed by atoms with van der Waals surface area (Å²) in [5.41, 5.74) is 2.06. The van der Waals surface area contributed by atoms with Crippen LogP contribution in [0.5, 0.6) is 0 Å². The maximum Gasteiger partial charge on any atom is 0.261 e. The Balaban J connectivity index is 3.61. The molecule has 0 bridgehead atoms. The Morgan fingerprint density at radius 3 is 2.28 bits per heavy atom. The topological polar surface area (TPSA) is 63.2 Å². The Bertz CT molecular complexity index is 594. The predicted molar refractivity (Wildman–Crippen MR) is 71.7 cm³/mol. The molecular weight excluding hydrogens is 274 g/mol. The van der Waals surface area contributed by atoms with E-state index in [-0.39, 0.29) is 10.8 Å². The van der Waals surface area contributed by atoms with Crippen LogP contribution in [0.15, 0.2) is 11.0 Å². The van der Waals surface area contributed by atoms with E-state index >= 15 is 0 Å². The molecule has 0 aromatic heterocycles. The molecule has 4 nitrogen and oxygen atoms in total. The Morgan fingerprint density at radius 1 is 1.28 bits per heavy atom. The molecule has 1 N–H and O–H groups in total. The quantitative estimate of drug-likeness (QED) is 0.869. The van der Waals surface area contributed by atoms with Crippen molar-refractivity contribution >= 4 is 25.6 Å². The maximum absolute atomic E-state index is 11.9. The number of aryl methyl sites for hydroxylation is 2. The lowest BCUT2D eigenvalue weighted by Gasteiger charge is -2.14. The first-order valence-corrected chi connectivity index (χ1v) is 7.84. The SMILES string of the molecule is CCNC(=O)c1c(C)cc(C)c(S(=O)(=O)Cl)c1C. The van der Waals surface area contributed by atoms with Crippen molar-refractivity contribution in [2.75, 3.05) is 6.54 Å². The second kappa shape index (κ2) is 5.28. The summed E-state index contributed by atoms with van der Waals surface area (Å²) in [6.45, 7) is 7.32. The van der Waals surface area contributed by atoms with Gasteiger partial charge in [-0.3, -0.25) is 4.79 Å². The number of hydrogen-bond donors (Lipinski definition) is 1. The molecule has 100 valence electrons. The van der Waals surface area contributed by atoms with E-state index in [0.717, 1.165) is 5.56 Å². The second-order valence-corrected chi connectivity index (χ2v) is 6.64. The third kappa shape index (κ3) is 2.84. The number of hydrogen-bond acceptors (Lipinski definition) is 3. The molecule has 0 unspecified atom stereocenters. The Morgan fingerprint density at radius 2 is 1.83 bits per heavy atom. The molecule has 1 amide bonds. The predicted octanol–water partition coefficient (Wildman–Crippen LogP) is 2.29. The zero-order chi connectivity index (χ0) is 14.1. The van der Waals surface area contributed by atoms with Crippen LogP contribution in [0.4, 0.5) is 0 Å². The highest BCUT2D eigenvalue weighted by atomic mass is 35.7. The molecule has 0 atom stereocenters. The summed E-state index contributed by atoms with van der Waals surface area (Å²) in [6.07, 6.45) is 0. The average molecular weight is 290 g/mol. The van der Waals surface area contributed by atoms with Gasteiger partial charge in [0.25, 0.3) is 15.0 Å². The average Bonchev–Trinajstić information content (AvgIpc) is 2.13. The van der Waals surface area contributed by atoms with E-state index in [4.69, 9.17) is 10.7 Å². The molecule has 0 aliphatic rings. The van der Waals surface area contributed by atoms with E-state index in [0.29, 0.717) is 23.2 Å². The second-order valence-electron chi connectivity index (χ2n) is 4.14. The van der Waals surface area contributed by atoms with E-state index in [2.05, 4.69) is 5.32 Å². The van der Waals surface area contributed by atoms with Crippen LogP contribution in [0.1, 0.15) is 34.0 Å². The van der Waals surface area contributed by atoms with Gasteiger partial charge in [0, 0.05) is 22.8 Å². The Labute approximate surface area is 112 Å². The largest absolute Gasteiger partial charge is 0.352 e. The number of amides is 1. The summed E-state index contributed by atoms with van der Waals surface area (Å²) < 4.78 is 23.1. The summed E-state index contributed by atoms with van der Waals surface area (Å²) in [5.74, 6) is -0.283. The monoisotopic (exact) mass is 289 g/mol. The highest BCUT2D eigenvalue weighted by Crippen LogP contribution is 2.28. The summed E-state index contributed by atoms with van der Waals surface area (Å²) in [5, 5.41) is 2.66. The first kappa shape index (κ1) is 15.0. The van der Waals surface area contributed by atoms with Gasteiger partial charge in [0.2, 0.25) is 0 Å². The van der Waals surface area contributed by atoms with Gasteiger partial charge in [-0.2, -0.15) is 0 Å². The van der Waals surface area contributed by atoms with Crippen LogP contribution in [0, 0.1) is 20.8 Å². The number of benzene rings is 1. The smallest absolute Gasteiger partial charge is 0.261 e. The molecule has 1 aromatic rings. The normalized spacial score (nSPS) is 11.4. The van der Waals surface area contributed by atoms with Gasteiger partial charge in [-0.05, 0) is 44.4 Å². The van der Waals surface area contributed by atoms with Crippen molar-refractivity contribution in [3.05, 3.63) is 28.3 Å². The minimum Gasteiger partial charge on any atom is -0.352 e. The molecule has 18 heavy (non-hydrogen) atoms. The van der Waals surface area contributed by atoms with Gasteiger partial charge in [0.1, 0.15) is 0 Å². The van der Waals surface area contributed by atoms with E-state index in [9.17, 15) is 13.2 Å². The van der Waals surface area contributed by atoms with Crippen LogP contribution in [-0.2, 0) is 9.05 Å². The number of carbonyl (C=O) groups is 1. The Hall–Kier alpha value is -1.07. The lowest BCUT2D eigenvalue weighted by atomic mass is 9.99. The fraction of sp³-hybridized carbons (Fsp3) is 0.417. The van der Waals surface area contributed by atoms with Crippen molar-refractivity contribution in [1.29, 1.82) is 0 Å². The minimum absolute atomic E-state index is 0.0241. The van der Waals surface area contributed by atoms with Crippen molar-refractivity contribution in [1.82, 2.24) is 5.32 Å². The molecule has 0 heterocycles. The maximum atomic E-state index is 11.9. The summed E-state index contributed by atoms with van der Waals surface area (Å²) in [7, 11) is 1.56. The zero-order valence-electron chi connectivity index (χ0n) is 10.8. The molecular formula is C12H16ClNO3S. The van der Waals surface area contributed by atoms with Gasteiger partial charge in [-0.1, -0.05) is 6.07 Å². The van der Waals surface area contributed by atoms with Gasteiger partial charge >= 0.3 is 0 Å². The number of carbonyl (C=O) groups excluding carboxylic acids is 1. The van der Waals surface area contributed by atoms with Crippen LogP contribution >= 0.6 is 10.7 Å². The minimum atomic E-state index is -3.86. The highest BCUT2D eigenvalue weighted by Gasteiger charge is 2.23. The van der Waals surface area contributed by atoms with Crippen molar-refractivity contribution in [2.24, 2.45) is 0 Å². The van der Waals surface area contributed by atoms with Gasteiger partial charge in [-0.15, -0.1) is 0 Å². The molecule has 1 rings (SSSR count). The van der Waals surface area contributed by atoms with Crippen LogP contribution in [0.25, 0.3) is 0 Å². The summed E-state index contributed by atoms with van der Waals surface area (Å²) in [6, 6.07) is 1.66. The van der Waals surface area contributed by atoms with Crippen molar-refractivity contribution in [3.63, 3.8) is 0 Å². The molecule has 1 aromatic carbocycles. The van der Waals surface area contributed by atoms with Crippen molar-refractivity contribution in [2.45, 2.75) is 32.6 Å². The molecule has 0 saturated heterocycles. The Kier molecular flexibility index (Phi) is 4.40. The van der Waals surface area contributed by atoms with Crippen molar-refractivity contribution in [3.8, 4) is 0 Å². The number of nitrogens with one attached hydrogen (secondary N) is 1. The number of halogens is 1. The molecule has 0 aliphatic carbocycles. The van der Waals surface area contributed by atoms with E-state index in [1.54, 1.807) is 33.8 Å². The van der Waals surface area contributed by atoms with Crippen LogP contribution in [0.3, 0.4) is 0 Å². The van der Waals surface area contributed by atoms with Crippen molar-refractivity contribution < 1.29 is 13.2 Å². The first-order chi connectivity index (χ1) is 8.20. The molecule has 0 fully saturated rings. The van der Waals surface area contributed by atoms with E-state index < -0.39 is 9.05 Å². The van der Waals surface area contributed by atoms with E-state index in [1.165, 1.54) is 0 Å². The molecule has 0 saturated carbocycles. The fourth-order valence-corrected chi connectivity index (χ4v) is 3.76. The van der Waals surface area contributed by atoms with E-state index in [1.807, 2.05) is 0 Å². The fourth-order valence-electron chi connectivity index (χ4n) is 2.14. The molecule has 6 heteroatoms. The third-order valence-electron chi connectivity index (χ3n) is 2.71. The van der Waals surface area contributed by atoms with Crippen LogP contribution < -0.4 is 5.32 Å². The number of rotatable bonds is 3. The molecule has 0 aliphatic heterocycles. The van der Waals surface area contributed by atoms with Gasteiger partial charge < -0.3 is 5.32 Å². The lowest BCUT2D eigenvalue weighted by Crippen LogP contribution is -2.25. The van der Waals surface area contributed by atoms with Gasteiger partial charge in [0.15, 0.2) is 0 Å². The van der Waals surface area contributed by atoms with Crippen LogP contribution in [0.2, 0.25) is 0 Å². The third-order valence-corrected chi connectivity index (χ3v) is 4.29. The zero-order valence-corrected chi connectivity index (χ0v) is 12.4. The highest BCUT2D eigenvalue weighted by molar-refractivity contribution is 8.13. The standard InChI is InChI=1S/C12H16ClNO3S/c1-5-14-12(15)10-7(2)6-8(3)11(9(10)4)18(13,16)17/h6H,5H2,1-4H3,(H,14,15). The van der Waals surface area contributed by atoms with Gasteiger partial charge in [0.05, 0.1) is 4.90 Å². The molecule has 0 radical (unpaired) electrons.